The Labute approximate surface area is 192 Å². The number of nitrogens with zero attached hydrogens (tertiary/aromatic N) is 4. The fourth-order valence-corrected chi connectivity index (χ4v) is 4.68. The van der Waals surface area contributed by atoms with Crippen LogP contribution in [0.2, 0.25) is 0 Å². The second-order valence-electron chi connectivity index (χ2n) is 7.74. The van der Waals surface area contributed by atoms with Gasteiger partial charge in [-0.1, -0.05) is 59.8 Å². The van der Waals surface area contributed by atoms with Gasteiger partial charge in [-0.15, -0.1) is 16.8 Å². The van der Waals surface area contributed by atoms with E-state index in [1.807, 2.05) is 73.0 Å². The number of hydrogen-bond donors (Lipinski definition) is 0. The van der Waals surface area contributed by atoms with E-state index in [1.54, 1.807) is 0 Å². The van der Waals surface area contributed by atoms with Crippen molar-refractivity contribution in [2.45, 2.75) is 32.5 Å². The molecule has 0 radical (unpaired) electrons. The summed E-state index contributed by atoms with van der Waals surface area (Å²) in [6.07, 6.45) is 1.85. The fourth-order valence-electron chi connectivity index (χ4n) is 3.85. The smallest absolute Gasteiger partial charge is 0.196 e. The molecule has 0 saturated heterocycles. The largest absolute Gasteiger partial charge is 0.345 e. The number of allylic oxidation sites excluding steroid dienone is 1. The van der Waals surface area contributed by atoms with Gasteiger partial charge in [-0.05, 0) is 45.0 Å². The van der Waals surface area contributed by atoms with Crippen molar-refractivity contribution in [2.75, 3.05) is 5.75 Å². The third kappa shape index (κ3) is 4.32. The third-order valence-corrected chi connectivity index (χ3v) is 6.37. The number of benzene rings is 2. The molecule has 0 aliphatic carbocycles. The molecule has 162 valence electrons. The molecular weight excluding hydrogens is 416 g/mol. The average Bonchev–Trinajstić information content (AvgIpc) is 3.35. The van der Waals surface area contributed by atoms with E-state index in [-0.39, 0.29) is 11.5 Å². The van der Waals surface area contributed by atoms with Gasteiger partial charge in [-0.2, -0.15) is 0 Å². The van der Waals surface area contributed by atoms with Crippen LogP contribution in [0, 0.1) is 20.8 Å². The lowest BCUT2D eigenvalue weighted by Gasteiger charge is -2.10. The number of Topliss-reactive ketones (excluding diaryl/α,β-unsaturated/α-hetero) is 1. The minimum Gasteiger partial charge on any atom is -0.345 e. The first-order valence-corrected chi connectivity index (χ1v) is 11.5. The molecule has 0 spiro atoms. The Balaban J connectivity index is 1.65. The standard InChI is InChI=1S/C26H26N4OS/c1-5-14-29-19(3)16-23(20(29)4)24(31)17-32-26-28-27-25(21-11-9-10-18(2)15-21)30(26)22-12-7-6-8-13-22/h5-13,15-16H,1,14,17H2,2-4H3. The van der Waals surface area contributed by atoms with Gasteiger partial charge in [-0.3, -0.25) is 9.36 Å². The number of aromatic nitrogens is 4. The number of ketones is 1. The maximum absolute atomic E-state index is 13.1. The quantitative estimate of drug-likeness (QED) is 0.196. The number of hydrogen-bond acceptors (Lipinski definition) is 4. The Morgan fingerprint density at radius 2 is 1.81 bits per heavy atom. The van der Waals surface area contributed by atoms with Crippen molar-refractivity contribution in [1.82, 2.24) is 19.3 Å². The highest BCUT2D eigenvalue weighted by atomic mass is 32.2. The molecule has 0 N–H and O–H groups in total. The normalized spacial score (nSPS) is 11.0. The van der Waals surface area contributed by atoms with Crippen molar-refractivity contribution >= 4 is 17.5 Å². The molecule has 4 aromatic rings. The number of carbonyl (C=O) groups excluding carboxylic acids is 1. The molecule has 2 heterocycles. The van der Waals surface area contributed by atoms with E-state index in [9.17, 15) is 4.79 Å². The average molecular weight is 443 g/mol. The van der Waals surface area contributed by atoms with Gasteiger partial charge in [0.1, 0.15) is 0 Å². The van der Waals surface area contributed by atoms with Crippen molar-refractivity contribution < 1.29 is 4.79 Å². The Hall–Kier alpha value is -3.38. The van der Waals surface area contributed by atoms with Crippen LogP contribution >= 0.6 is 11.8 Å². The van der Waals surface area contributed by atoms with Gasteiger partial charge in [-0.25, -0.2) is 0 Å². The fraction of sp³-hybridized carbons (Fsp3) is 0.192. The molecule has 0 fully saturated rings. The van der Waals surface area contributed by atoms with E-state index < -0.39 is 0 Å². The monoisotopic (exact) mass is 442 g/mol. The zero-order valence-electron chi connectivity index (χ0n) is 18.6. The SMILES string of the molecule is C=CCn1c(C)cc(C(=O)CSc2nnc(-c3cccc(C)c3)n2-c2ccccc2)c1C. The molecular formula is C26H26N4OS. The van der Waals surface area contributed by atoms with Crippen LogP contribution < -0.4 is 0 Å². The molecule has 0 atom stereocenters. The van der Waals surface area contributed by atoms with Crippen molar-refractivity contribution in [1.29, 1.82) is 0 Å². The summed E-state index contributed by atoms with van der Waals surface area (Å²) < 4.78 is 4.13. The first kappa shape index (κ1) is 21.8. The summed E-state index contributed by atoms with van der Waals surface area (Å²) in [5.74, 6) is 1.13. The van der Waals surface area contributed by atoms with E-state index in [4.69, 9.17) is 0 Å². The van der Waals surface area contributed by atoms with Gasteiger partial charge < -0.3 is 4.57 Å². The molecule has 4 rings (SSSR count). The van der Waals surface area contributed by atoms with Crippen molar-refractivity contribution in [2.24, 2.45) is 0 Å². The molecule has 2 aromatic carbocycles. The van der Waals surface area contributed by atoms with Crippen LogP contribution in [0.25, 0.3) is 17.1 Å². The van der Waals surface area contributed by atoms with Gasteiger partial charge in [0.15, 0.2) is 16.8 Å². The van der Waals surface area contributed by atoms with E-state index in [2.05, 4.69) is 40.4 Å². The van der Waals surface area contributed by atoms with Crippen LogP contribution in [-0.2, 0) is 6.54 Å². The zero-order valence-corrected chi connectivity index (χ0v) is 19.4. The van der Waals surface area contributed by atoms with Crippen LogP contribution in [0.3, 0.4) is 0 Å². The topological polar surface area (TPSA) is 52.7 Å². The summed E-state index contributed by atoms with van der Waals surface area (Å²) in [6.45, 7) is 10.6. The molecule has 0 bridgehead atoms. The predicted octanol–water partition coefficient (Wildman–Crippen LogP) is 5.82. The van der Waals surface area contributed by atoms with E-state index in [0.29, 0.717) is 11.7 Å². The Bertz CT molecular complexity index is 1270. The number of carbonyl (C=O) groups is 1. The lowest BCUT2D eigenvalue weighted by atomic mass is 10.1. The van der Waals surface area contributed by atoms with E-state index >= 15 is 0 Å². The van der Waals surface area contributed by atoms with Gasteiger partial charge >= 0.3 is 0 Å². The maximum atomic E-state index is 13.1. The lowest BCUT2D eigenvalue weighted by Crippen LogP contribution is -2.07. The summed E-state index contributed by atoms with van der Waals surface area (Å²) in [5, 5.41) is 9.62. The van der Waals surface area contributed by atoms with Crippen LogP contribution in [0.5, 0.6) is 0 Å². The number of thioether (sulfide) groups is 1. The van der Waals surface area contributed by atoms with Crippen LogP contribution in [0.4, 0.5) is 0 Å². The summed E-state index contributed by atoms with van der Waals surface area (Å²) >= 11 is 1.41. The Kier molecular flexibility index (Phi) is 6.42. The summed E-state index contributed by atoms with van der Waals surface area (Å²) in [7, 11) is 0. The summed E-state index contributed by atoms with van der Waals surface area (Å²) in [6, 6.07) is 20.2. The molecule has 5 nitrogen and oxygen atoms in total. The Morgan fingerprint density at radius 3 is 2.53 bits per heavy atom. The molecule has 2 aromatic heterocycles. The minimum atomic E-state index is 0.0816. The molecule has 0 aliphatic heterocycles. The summed E-state index contributed by atoms with van der Waals surface area (Å²) in [5.41, 5.74) is 5.90. The zero-order chi connectivity index (χ0) is 22.7. The second kappa shape index (κ2) is 9.40. The number of para-hydroxylation sites is 1. The van der Waals surface area contributed by atoms with Gasteiger partial charge in [0.05, 0.1) is 5.75 Å². The summed E-state index contributed by atoms with van der Waals surface area (Å²) in [4.78, 5) is 13.1. The van der Waals surface area contributed by atoms with Crippen molar-refractivity contribution in [3.8, 4) is 17.1 Å². The van der Waals surface area contributed by atoms with Crippen LogP contribution in [0.15, 0.2) is 78.5 Å². The van der Waals surface area contributed by atoms with Gasteiger partial charge in [0.2, 0.25) is 0 Å². The van der Waals surface area contributed by atoms with E-state index in [0.717, 1.165) is 39.6 Å². The minimum absolute atomic E-state index is 0.0816. The molecule has 0 unspecified atom stereocenters. The Morgan fingerprint density at radius 1 is 1.03 bits per heavy atom. The molecule has 0 saturated carbocycles. The van der Waals surface area contributed by atoms with Crippen LogP contribution in [0.1, 0.15) is 27.3 Å². The van der Waals surface area contributed by atoms with Crippen LogP contribution in [-0.4, -0.2) is 30.9 Å². The molecule has 6 heteroatoms. The predicted molar refractivity (Wildman–Crippen MR) is 131 cm³/mol. The third-order valence-electron chi connectivity index (χ3n) is 5.44. The first-order chi connectivity index (χ1) is 15.5. The van der Waals surface area contributed by atoms with E-state index in [1.165, 1.54) is 11.8 Å². The number of rotatable bonds is 8. The highest BCUT2D eigenvalue weighted by Gasteiger charge is 2.20. The number of aryl methyl sites for hydroxylation is 2. The maximum Gasteiger partial charge on any atom is 0.196 e. The second-order valence-corrected chi connectivity index (χ2v) is 8.69. The molecule has 0 aliphatic rings. The van der Waals surface area contributed by atoms with Gasteiger partial charge in [0.25, 0.3) is 0 Å². The lowest BCUT2D eigenvalue weighted by molar-refractivity contribution is 0.102. The van der Waals surface area contributed by atoms with Gasteiger partial charge in [0, 0.05) is 34.7 Å². The van der Waals surface area contributed by atoms with Crippen molar-refractivity contribution in [3.63, 3.8) is 0 Å². The highest BCUT2D eigenvalue weighted by Crippen LogP contribution is 2.29. The highest BCUT2D eigenvalue weighted by molar-refractivity contribution is 7.99. The van der Waals surface area contributed by atoms with Crippen molar-refractivity contribution in [3.05, 3.63) is 95.8 Å². The molecule has 0 amide bonds. The first-order valence-electron chi connectivity index (χ1n) is 10.5. The molecule has 32 heavy (non-hydrogen) atoms.